The van der Waals surface area contributed by atoms with Crippen LogP contribution in [0.2, 0.25) is 0 Å². The summed E-state index contributed by atoms with van der Waals surface area (Å²) < 4.78 is 5.67. The smallest absolute Gasteiger partial charge is 0.124 e. The number of rotatable bonds is 3. The molecule has 1 saturated heterocycles. The Labute approximate surface area is 91.6 Å². The molecule has 0 saturated carbocycles. The molecule has 0 spiro atoms. The lowest BCUT2D eigenvalue weighted by Gasteiger charge is -2.27. The predicted octanol–water partition coefficient (Wildman–Crippen LogP) is 2.68. The van der Waals surface area contributed by atoms with Crippen LogP contribution in [0.3, 0.4) is 0 Å². The van der Waals surface area contributed by atoms with Crippen LogP contribution < -0.4 is 10.1 Å². The monoisotopic (exact) mass is 205 g/mol. The fourth-order valence-corrected chi connectivity index (χ4v) is 2.33. The lowest BCUT2D eigenvalue weighted by molar-refractivity contribution is 0.319. The molecule has 2 heteroatoms. The summed E-state index contributed by atoms with van der Waals surface area (Å²) in [5.74, 6) is 1.02. The third-order valence-corrected chi connectivity index (χ3v) is 3.15. The van der Waals surface area contributed by atoms with E-state index in [0.29, 0.717) is 0 Å². The summed E-state index contributed by atoms with van der Waals surface area (Å²) in [5.41, 5.74) is 1.40. The van der Waals surface area contributed by atoms with Gasteiger partial charge < -0.3 is 10.1 Å². The Morgan fingerprint density at radius 2 is 2.20 bits per heavy atom. The topological polar surface area (TPSA) is 21.3 Å². The number of ether oxygens (including phenoxy) is 1. The van der Waals surface area contributed by atoms with E-state index in [-0.39, 0.29) is 5.54 Å². The first kappa shape index (κ1) is 10.5. The maximum Gasteiger partial charge on any atom is 0.124 e. The van der Waals surface area contributed by atoms with Gasteiger partial charge in [-0.25, -0.2) is 0 Å². The van der Waals surface area contributed by atoms with Gasteiger partial charge in [-0.1, -0.05) is 18.2 Å². The molecule has 0 amide bonds. The van der Waals surface area contributed by atoms with Gasteiger partial charge in [0.2, 0.25) is 0 Å². The third kappa shape index (κ3) is 2.00. The van der Waals surface area contributed by atoms with Crippen molar-refractivity contribution in [2.24, 2.45) is 0 Å². The molecule has 15 heavy (non-hydrogen) atoms. The van der Waals surface area contributed by atoms with Crippen LogP contribution in [0.15, 0.2) is 24.3 Å². The van der Waals surface area contributed by atoms with Gasteiger partial charge in [-0.15, -0.1) is 0 Å². The highest BCUT2D eigenvalue weighted by molar-refractivity contribution is 5.39. The highest BCUT2D eigenvalue weighted by atomic mass is 16.5. The standard InChI is InChI=1S/C13H19NO/c1-3-15-12-8-5-4-7-11(12)13(2)9-6-10-14-13/h4-5,7-8,14H,3,6,9-10H2,1-2H3. The number of benzene rings is 1. The zero-order valence-corrected chi connectivity index (χ0v) is 9.55. The number of hydrogen-bond donors (Lipinski definition) is 1. The summed E-state index contributed by atoms with van der Waals surface area (Å²) in [7, 11) is 0. The zero-order chi connectivity index (χ0) is 10.7. The SMILES string of the molecule is CCOc1ccccc1C1(C)CCCN1. The van der Waals surface area contributed by atoms with E-state index in [1.807, 2.05) is 13.0 Å². The van der Waals surface area contributed by atoms with Gasteiger partial charge in [-0.3, -0.25) is 0 Å². The summed E-state index contributed by atoms with van der Waals surface area (Å²) in [5, 5.41) is 3.57. The van der Waals surface area contributed by atoms with Crippen LogP contribution in [0.4, 0.5) is 0 Å². The predicted molar refractivity (Wildman–Crippen MR) is 62.2 cm³/mol. The zero-order valence-electron chi connectivity index (χ0n) is 9.55. The van der Waals surface area contributed by atoms with E-state index in [4.69, 9.17) is 4.74 Å². The Bertz CT molecular complexity index is 329. The van der Waals surface area contributed by atoms with Crippen LogP contribution in [-0.2, 0) is 5.54 Å². The summed E-state index contributed by atoms with van der Waals surface area (Å²) in [6.45, 7) is 6.13. The van der Waals surface area contributed by atoms with Crippen LogP contribution >= 0.6 is 0 Å². The maximum absolute atomic E-state index is 5.67. The lowest BCUT2D eigenvalue weighted by atomic mass is 9.90. The molecule has 1 atom stereocenters. The van der Waals surface area contributed by atoms with Gasteiger partial charge in [-0.05, 0) is 39.3 Å². The fraction of sp³-hybridized carbons (Fsp3) is 0.538. The second-order valence-corrected chi connectivity index (χ2v) is 4.29. The molecule has 1 aliphatic rings. The number of hydrogen-bond acceptors (Lipinski definition) is 2. The molecule has 1 heterocycles. The van der Waals surface area contributed by atoms with Crippen molar-refractivity contribution in [3.05, 3.63) is 29.8 Å². The van der Waals surface area contributed by atoms with Gasteiger partial charge >= 0.3 is 0 Å². The van der Waals surface area contributed by atoms with Crippen LogP contribution in [0.5, 0.6) is 5.75 Å². The van der Waals surface area contributed by atoms with Crippen molar-refractivity contribution in [3.63, 3.8) is 0 Å². The largest absolute Gasteiger partial charge is 0.494 e. The molecule has 0 aromatic heterocycles. The first-order valence-corrected chi connectivity index (χ1v) is 5.73. The maximum atomic E-state index is 5.67. The second kappa shape index (κ2) is 4.23. The van der Waals surface area contributed by atoms with E-state index < -0.39 is 0 Å². The van der Waals surface area contributed by atoms with Gasteiger partial charge in [0, 0.05) is 11.1 Å². The van der Waals surface area contributed by atoms with Crippen LogP contribution in [-0.4, -0.2) is 13.2 Å². The molecule has 1 fully saturated rings. The molecule has 1 aliphatic heterocycles. The van der Waals surface area contributed by atoms with Crippen molar-refractivity contribution in [1.29, 1.82) is 0 Å². The van der Waals surface area contributed by atoms with Crippen LogP contribution in [0, 0.1) is 0 Å². The molecule has 1 aromatic rings. The van der Waals surface area contributed by atoms with E-state index >= 15 is 0 Å². The minimum absolute atomic E-state index is 0.103. The van der Waals surface area contributed by atoms with Crippen molar-refractivity contribution in [2.45, 2.75) is 32.2 Å². The Morgan fingerprint density at radius 3 is 2.87 bits per heavy atom. The van der Waals surface area contributed by atoms with E-state index in [1.165, 1.54) is 18.4 Å². The van der Waals surface area contributed by atoms with Gasteiger partial charge in [0.15, 0.2) is 0 Å². The van der Waals surface area contributed by atoms with Crippen molar-refractivity contribution >= 4 is 0 Å². The van der Waals surface area contributed by atoms with Crippen molar-refractivity contribution < 1.29 is 4.74 Å². The van der Waals surface area contributed by atoms with Gasteiger partial charge in [0.05, 0.1) is 6.61 Å². The Balaban J connectivity index is 2.33. The number of para-hydroxylation sites is 1. The fourth-order valence-electron chi connectivity index (χ4n) is 2.33. The Morgan fingerprint density at radius 1 is 1.40 bits per heavy atom. The van der Waals surface area contributed by atoms with Gasteiger partial charge in [-0.2, -0.15) is 0 Å². The van der Waals surface area contributed by atoms with Gasteiger partial charge in [0.25, 0.3) is 0 Å². The molecule has 1 aromatic carbocycles. The molecule has 2 nitrogen and oxygen atoms in total. The first-order valence-electron chi connectivity index (χ1n) is 5.73. The third-order valence-electron chi connectivity index (χ3n) is 3.15. The number of nitrogens with one attached hydrogen (secondary N) is 1. The second-order valence-electron chi connectivity index (χ2n) is 4.29. The Hall–Kier alpha value is -1.02. The highest BCUT2D eigenvalue weighted by Crippen LogP contribution is 2.35. The summed E-state index contributed by atoms with van der Waals surface area (Å²) in [4.78, 5) is 0. The molecule has 0 radical (unpaired) electrons. The minimum Gasteiger partial charge on any atom is -0.494 e. The quantitative estimate of drug-likeness (QED) is 0.819. The van der Waals surface area contributed by atoms with E-state index in [2.05, 4.69) is 30.4 Å². The molecule has 82 valence electrons. The lowest BCUT2D eigenvalue weighted by Crippen LogP contribution is -2.33. The molecular formula is C13H19NO. The summed E-state index contributed by atoms with van der Waals surface area (Å²) in [6, 6.07) is 8.35. The molecule has 0 aliphatic carbocycles. The average Bonchev–Trinajstić information content (AvgIpc) is 2.68. The van der Waals surface area contributed by atoms with Crippen molar-refractivity contribution in [2.75, 3.05) is 13.2 Å². The summed E-state index contributed by atoms with van der Waals surface area (Å²) in [6.07, 6.45) is 2.44. The Kier molecular flexibility index (Phi) is 2.96. The van der Waals surface area contributed by atoms with E-state index in [9.17, 15) is 0 Å². The van der Waals surface area contributed by atoms with Crippen LogP contribution in [0.25, 0.3) is 0 Å². The van der Waals surface area contributed by atoms with Crippen LogP contribution in [0.1, 0.15) is 32.3 Å². The molecular weight excluding hydrogens is 186 g/mol. The normalized spacial score (nSPS) is 25.5. The first-order chi connectivity index (χ1) is 7.26. The van der Waals surface area contributed by atoms with Crippen molar-refractivity contribution in [3.8, 4) is 5.75 Å². The van der Waals surface area contributed by atoms with E-state index in [1.54, 1.807) is 0 Å². The van der Waals surface area contributed by atoms with E-state index in [0.717, 1.165) is 18.9 Å². The molecule has 1 unspecified atom stereocenters. The average molecular weight is 205 g/mol. The minimum atomic E-state index is 0.103. The highest BCUT2D eigenvalue weighted by Gasteiger charge is 2.32. The van der Waals surface area contributed by atoms with Gasteiger partial charge in [0.1, 0.15) is 5.75 Å². The molecule has 2 rings (SSSR count). The molecule has 0 bridgehead atoms. The van der Waals surface area contributed by atoms with Crippen molar-refractivity contribution in [1.82, 2.24) is 5.32 Å². The molecule has 1 N–H and O–H groups in total. The summed E-state index contributed by atoms with van der Waals surface area (Å²) >= 11 is 0.